The molecule has 7 N–H and O–H groups in total. The summed E-state index contributed by atoms with van der Waals surface area (Å²) in [6, 6.07) is 1.51. The first-order chi connectivity index (χ1) is 33.4. The molecule has 0 bridgehead atoms. The third kappa shape index (κ3) is 38.8. The summed E-state index contributed by atoms with van der Waals surface area (Å²) >= 11 is 0. The van der Waals surface area contributed by atoms with E-state index in [0.29, 0.717) is 24.5 Å². The molecule has 2 aliphatic rings. The quantitative estimate of drug-likeness (QED) is 0.0408. The Balaban J connectivity index is 1.81. The van der Waals surface area contributed by atoms with Gasteiger partial charge in [0.05, 0.1) is 0 Å². The lowest BCUT2D eigenvalue weighted by Gasteiger charge is -2.35. The van der Waals surface area contributed by atoms with Crippen LogP contribution in [0.15, 0.2) is 0 Å². The van der Waals surface area contributed by atoms with E-state index in [1.54, 1.807) is 0 Å². The van der Waals surface area contributed by atoms with Crippen LogP contribution in [0.25, 0.3) is 0 Å². The summed E-state index contributed by atoms with van der Waals surface area (Å²) < 4.78 is 0. The standard InChI is InChI=1S/C58H121N9O/c1-5-6-7-8-9-13-16-19-22-34-54(51-57-52-55(37-29-38-59)63-45-32-48-65(2)46-27-28-47-66(3)49-33-50-67(57)4)35-23-20-17-14-11-10-12-15-18-21-24-36-56-53-58(68)64-44-31-42-61-40-26-25-39-60-41-30-43-62-56/h54-57,60-63H,5-53,59H2,1-4H3,(H,64,68). The first-order valence-electron chi connectivity index (χ1n) is 30.3. The molecule has 2 heterocycles. The zero-order valence-corrected chi connectivity index (χ0v) is 46.3. The van der Waals surface area contributed by atoms with E-state index in [2.05, 4.69) is 69.4 Å². The van der Waals surface area contributed by atoms with Crippen molar-refractivity contribution in [2.75, 3.05) is 106 Å². The van der Waals surface area contributed by atoms with E-state index in [0.717, 1.165) is 84.0 Å². The number of rotatable bonds is 29. The maximum Gasteiger partial charge on any atom is 0.221 e. The highest BCUT2D eigenvalue weighted by Gasteiger charge is 2.24. The fourth-order valence-electron chi connectivity index (χ4n) is 11.1. The maximum absolute atomic E-state index is 12.7. The number of carbonyl (C=O) groups excluding carboxylic acids is 1. The van der Waals surface area contributed by atoms with Crippen molar-refractivity contribution in [2.45, 2.75) is 256 Å². The molecule has 0 aromatic heterocycles. The highest BCUT2D eigenvalue weighted by molar-refractivity contribution is 5.76. The average molecular weight is 961 g/mol. The number of hydrogen-bond acceptors (Lipinski definition) is 9. The van der Waals surface area contributed by atoms with Crippen molar-refractivity contribution in [3.8, 4) is 0 Å². The van der Waals surface area contributed by atoms with Crippen LogP contribution in [0.3, 0.4) is 0 Å². The van der Waals surface area contributed by atoms with Crippen molar-refractivity contribution >= 4 is 5.91 Å². The second kappa shape index (κ2) is 47.2. The average Bonchev–Trinajstić information content (AvgIpc) is 3.33. The van der Waals surface area contributed by atoms with Crippen LogP contribution in [0.1, 0.15) is 238 Å². The monoisotopic (exact) mass is 960 g/mol. The van der Waals surface area contributed by atoms with Crippen LogP contribution in [0.5, 0.6) is 0 Å². The SMILES string of the molecule is CCCCCCCCCCCC(CCCCCCCCCCCCCC1CC(=O)NCCCNCCCCNCCCN1)CC1CC(CCCN)NCCCN(C)CCCCN(C)CCCN1C. The highest BCUT2D eigenvalue weighted by atomic mass is 16.1. The van der Waals surface area contributed by atoms with E-state index < -0.39 is 0 Å². The van der Waals surface area contributed by atoms with Crippen LogP contribution >= 0.6 is 0 Å². The molecular weight excluding hydrogens is 839 g/mol. The van der Waals surface area contributed by atoms with Crippen molar-refractivity contribution in [1.29, 1.82) is 0 Å². The molecule has 68 heavy (non-hydrogen) atoms. The number of amides is 1. The van der Waals surface area contributed by atoms with Gasteiger partial charge in [-0.2, -0.15) is 0 Å². The van der Waals surface area contributed by atoms with Crippen LogP contribution in [-0.4, -0.2) is 145 Å². The van der Waals surface area contributed by atoms with Crippen LogP contribution < -0.4 is 32.3 Å². The molecule has 0 aromatic rings. The van der Waals surface area contributed by atoms with Gasteiger partial charge in [-0.1, -0.05) is 148 Å². The normalized spacial score (nSPS) is 22.9. The Morgan fingerprint density at radius 2 is 0.971 bits per heavy atom. The minimum absolute atomic E-state index is 0.215. The number of nitrogens with zero attached hydrogens (tertiary/aromatic N) is 3. The minimum atomic E-state index is 0.215. The Morgan fingerprint density at radius 3 is 1.56 bits per heavy atom. The molecule has 2 rings (SSSR count). The van der Waals surface area contributed by atoms with E-state index in [4.69, 9.17) is 5.73 Å². The third-order valence-electron chi connectivity index (χ3n) is 15.7. The van der Waals surface area contributed by atoms with E-state index in [1.807, 2.05) is 0 Å². The Hall–Kier alpha value is -0.850. The second-order valence-corrected chi connectivity index (χ2v) is 22.3. The molecule has 404 valence electrons. The van der Waals surface area contributed by atoms with Gasteiger partial charge in [-0.25, -0.2) is 0 Å². The number of carbonyl (C=O) groups is 1. The van der Waals surface area contributed by atoms with Gasteiger partial charge in [-0.15, -0.1) is 0 Å². The van der Waals surface area contributed by atoms with Crippen LogP contribution in [0.2, 0.25) is 0 Å². The summed E-state index contributed by atoms with van der Waals surface area (Å²) in [7, 11) is 7.13. The smallest absolute Gasteiger partial charge is 0.221 e. The summed E-state index contributed by atoms with van der Waals surface area (Å²) in [5.41, 5.74) is 6.13. The molecule has 0 radical (unpaired) electrons. The van der Waals surface area contributed by atoms with Gasteiger partial charge in [0.25, 0.3) is 0 Å². The van der Waals surface area contributed by atoms with Crippen molar-refractivity contribution in [3.05, 3.63) is 0 Å². The predicted octanol–water partition coefficient (Wildman–Crippen LogP) is 11.0. The molecule has 0 spiro atoms. The Kier molecular flexibility index (Phi) is 43.9. The van der Waals surface area contributed by atoms with Gasteiger partial charge in [0.2, 0.25) is 5.91 Å². The molecule has 4 unspecified atom stereocenters. The van der Waals surface area contributed by atoms with Crippen molar-refractivity contribution < 1.29 is 4.79 Å². The molecule has 0 aliphatic carbocycles. The van der Waals surface area contributed by atoms with Gasteiger partial charge in [0.1, 0.15) is 0 Å². The Labute approximate surface area is 424 Å². The largest absolute Gasteiger partial charge is 0.356 e. The number of unbranched alkanes of at least 4 members (excludes halogenated alkanes) is 18. The van der Waals surface area contributed by atoms with E-state index >= 15 is 0 Å². The fourth-order valence-corrected chi connectivity index (χ4v) is 11.1. The molecular formula is C58H121N9O. The molecule has 10 nitrogen and oxygen atoms in total. The van der Waals surface area contributed by atoms with Crippen molar-refractivity contribution in [2.24, 2.45) is 11.7 Å². The minimum Gasteiger partial charge on any atom is -0.356 e. The lowest BCUT2D eigenvalue weighted by Crippen LogP contribution is -2.42. The molecule has 1 amide bonds. The number of nitrogens with one attached hydrogen (secondary N) is 5. The van der Waals surface area contributed by atoms with Gasteiger partial charge in [0, 0.05) is 31.1 Å². The molecule has 4 atom stereocenters. The predicted molar refractivity (Wildman–Crippen MR) is 298 cm³/mol. The maximum atomic E-state index is 12.7. The molecule has 2 fully saturated rings. The van der Waals surface area contributed by atoms with Crippen LogP contribution in [0.4, 0.5) is 0 Å². The summed E-state index contributed by atoms with van der Waals surface area (Å²) in [5, 5.41) is 18.1. The zero-order valence-electron chi connectivity index (χ0n) is 46.3. The highest BCUT2D eigenvalue weighted by Crippen LogP contribution is 2.28. The first-order valence-corrected chi connectivity index (χ1v) is 30.3. The van der Waals surface area contributed by atoms with Crippen molar-refractivity contribution in [3.63, 3.8) is 0 Å². The molecule has 0 saturated carbocycles. The summed E-state index contributed by atoms with van der Waals surface area (Å²) in [4.78, 5) is 20.7. The molecule has 10 heteroatoms. The number of nitrogens with two attached hydrogens (primary N) is 1. The van der Waals surface area contributed by atoms with Crippen LogP contribution in [0, 0.1) is 5.92 Å². The van der Waals surface area contributed by atoms with Gasteiger partial charge < -0.3 is 47.0 Å². The fraction of sp³-hybridized carbons (Fsp3) is 0.983. The zero-order chi connectivity index (χ0) is 48.8. The van der Waals surface area contributed by atoms with E-state index in [-0.39, 0.29) is 5.91 Å². The van der Waals surface area contributed by atoms with Crippen LogP contribution in [-0.2, 0) is 4.79 Å². The lowest BCUT2D eigenvalue weighted by atomic mass is 9.85. The van der Waals surface area contributed by atoms with Crippen molar-refractivity contribution in [1.82, 2.24) is 41.3 Å². The first kappa shape index (κ1) is 63.3. The van der Waals surface area contributed by atoms with Gasteiger partial charge in [-0.3, -0.25) is 4.79 Å². The van der Waals surface area contributed by atoms with Gasteiger partial charge in [-0.05, 0) is 189 Å². The molecule has 0 aromatic carbocycles. The Morgan fingerprint density at radius 1 is 0.500 bits per heavy atom. The second-order valence-electron chi connectivity index (χ2n) is 22.3. The van der Waals surface area contributed by atoms with E-state index in [9.17, 15) is 4.79 Å². The van der Waals surface area contributed by atoms with Gasteiger partial charge in [0.15, 0.2) is 0 Å². The Bertz CT molecular complexity index is 1070. The lowest BCUT2D eigenvalue weighted by molar-refractivity contribution is -0.121. The molecule has 2 aliphatic heterocycles. The number of hydrogen-bond donors (Lipinski definition) is 6. The molecule has 2 saturated heterocycles. The summed E-state index contributed by atoms with van der Waals surface area (Å²) in [6.45, 7) is 16.3. The van der Waals surface area contributed by atoms with Gasteiger partial charge >= 0.3 is 0 Å². The summed E-state index contributed by atoms with van der Waals surface area (Å²) in [5.74, 6) is 1.06. The summed E-state index contributed by atoms with van der Waals surface area (Å²) in [6.07, 6.45) is 47.1. The van der Waals surface area contributed by atoms with E-state index in [1.165, 1.54) is 232 Å². The third-order valence-corrected chi connectivity index (χ3v) is 15.7. The topological polar surface area (TPSA) is 113 Å².